The summed E-state index contributed by atoms with van der Waals surface area (Å²) in [5, 5.41) is 16.6. The molecule has 0 radical (unpaired) electrons. The minimum absolute atomic E-state index is 0.00543. The molecule has 34 heavy (non-hydrogen) atoms. The number of H-pyrrole nitrogens is 1. The molecule has 0 bridgehead atoms. The van der Waals surface area contributed by atoms with Crippen LogP contribution in [-0.4, -0.2) is 54.9 Å². The van der Waals surface area contributed by atoms with E-state index in [2.05, 4.69) is 25.6 Å². The Morgan fingerprint density at radius 2 is 1.79 bits per heavy atom. The minimum atomic E-state index is -1.04. The molecule has 4 N–H and O–H groups in total. The van der Waals surface area contributed by atoms with E-state index in [1.807, 2.05) is 6.07 Å². The molecule has 1 saturated carbocycles. The first kappa shape index (κ1) is 22.1. The topological polar surface area (TPSA) is 140 Å². The lowest BCUT2D eigenvalue weighted by Gasteiger charge is -2.32. The van der Waals surface area contributed by atoms with E-state index >= 15 is 0 Å². The van der Waals surface area contributed by atoms with Crippen LogP contribution in [-0.2, 0) is 13.1 Å². The summed E-state index contributed by atoms with van der Waals surface area (Å²) in [6.07, 6.45) is 3.80. The van der Waals surface area contributed by atoms with E-state index in [4.69, 9.17) is 11.6 Å². The first-order valence-corrected chi connectivity index (χ1v) is 11.5. The maximum absolute atomic E-state index is 12.9. The minimum Gasteiger partial charge on any atom is -0.465 e. The third-order valence-corrected chi connectivity index (χ3v) is 6.59. The van der Waals surface area contributed by atoms with Crippen LogP contribution in [0.3, 0.4) is 0 Å². The van der Waals surface area contributed by atoms with E-state index in [9.17, 15) is 19.5 Å². The maximum Gasteiger partial charge on any atom is 0.407 e. The number of benzene rings is 1. The summed E-state index contributed by atoms with van der Waals surface area (Å²) in [5.41, 5.74) is 2.48. The molecule has 3 heterocycles. The van der Waals surface area contributed by atoms with E-state index in [0.717, 1.165) is 36.6 Å². The Hall–Kier alpha value is -3.66. The van der Waals surface area contributed by atoms with Crippen molar-refractivity contribution in [1.82, 2.24) is 30.5 Å². The Bertz CT molecular complexity index is 1290. The lowest BCUT2D eigenvalue weighted by molar-refractivity contribution is 0.0855. The van der Waals surface area contributed by atoms with E-state index in [-0.39, 0.29) is 36.9 Å². The summed E-state index contributed by atoms with van der Waals surface area (Å²) in [4.78, 5) is 49.7. The van der Waals surface area contributed by atoms with Crippen molar-refractivity contribution in [2.45, 2.75) is 50.9 Å². The van der Waals surface area contributed by atoms with Gasteiger partial charge in [0.2, 0.25) is 5.82 Å². The Labute approximate surface area is 199 Å². The van der Waals surface area contributed by atoms with Gasteiger partial charge in [-0.15, -0.1) is 0 Å². The highest BCUT2D eigenvalue weighted by Crippen LogP contribution is 2.23. The molecule has 11 heteroatoms. The molecule has 5 rings (SSSR count). The van der Waals surface area contributed by atoms with Crippen molar-refractivity contribution >= 4 is 40.4 Å². The van der Waals surface area contributed by atoms with Gasteiger partial charge < -0.3 is 20.7 Å². The SMILES string of the molecule is O=C(N[C@@H]1CCCC[C@@H]1NC(=O)c1cc2cc(Cl)ccc2[nH]1)c1ncc2c(n1)CN(C(=O)O)C2. The van der Waals surface area contributed by atoms with Gasteiger partial charge >= 0.3 is 6.09 Å². The molecule has 10 nitrogen and oxygen atoms in total. The van der Waals surface area contributed by atoms with Gasteiger partial charge in [0.15, 0.2) is 0 Å². The van der Waals surface area contributed by atoms with Crippen molar-refractivity contribution < 1.29 is 19.5 Å². The molecule has 176 valence electrons. The quantitative estimate of drug-likeness (QED) is 0.450. The third-order valence-electron chi connectivity index (χ3n) is 6.36. The standard InChI is InChI=1S/C23H23ClN6O4/c24-14-5-6-15-12(7-14)8-18(26-15)21(31)28-16-3-1-2-4-17(16)29-22(32)20-25-9-13-10-30(23(33)34)11-19(13)27-20/h5-9,16-17,26H,1-4,10-11H2,(H,28,31)(H,29,32)(H,33,34)/t16-,17+/m0/s1. The largest absolute Gasteiger partial charge is 0.465 e. The molecule has 0 saturated heterocycles. The zero-order valence-corrected chi connectivity index (χ0v) is 18.9. The predicted molar refractivity (Wildman–Crippen MR) is 124 cm³/mol. The van der Waals surface area contributed by atoms with Gasteiger partial charge in [0, 0.05) is 39.8 Å². The summed E-state index contributed by atoms with van der Waals surface area (Å²) in [5.74, 6) is -0.696. The number of fused-ring (bicyclic) bond motifs is 2. The van der Waals surface area contributed by atoms with Crippen LogP contribution < -0.4 is 10.6 Å². The molecule has 1 aliphatic carbocycles. The molecular formula is C23H23ClN6O4. The Kier molecular flexibility index (Phi) is 5.82. The average molecular weight is 483 g/mol. The van der Waals surface area contributed by atoms with E-state index < -0.39 is 12.0 Å². The fourth-order valence-electron chi connectivity index (χ4n) is 4.58. The first-order valence-electron chi connectivity index (χ1n) is 11.1. The molecule has 1 aliphatic heterocycles. The number of carboxylic acid groups (broad SMARTS) is 1. The molecule has 3 aromatic rings. The van der Waals surface area contributed by atoms with Crippen LogP contribution in [0.2, 0.25) is 5.02 Å². The number of halogens is 1. The van der Waals surface area contributed by atoms with Crippen LogP contribution in [0.5, 0.6) is 0 Å². The van der Waals surface area contributed by atoms with Crippen molar-refractivity contribution in [3.63, 3.8) is 0 Å². The number of hydrogen-bond acceptors (Lipinski definition) is 5. The lowest BCUT2D eigenvalue weighted by Crippen LogP contribution is -2.53. The van der Waals surface area contributed by atoms with Crippen LogP contribution in [0.1, 0.15) is 58.0 Å². The summed E-state index contributed by atoms with van der Waals surface area (Å²) < 4.78 is 0. The molecule has 2 aromatic heterocycles. The zero-order chi connectivity index (χ0) is 23.8. The molecule has 1 fully saturated rings. The number of nitrogens with one attached hydrogen (secondary N) is 3. The van der Waals surface area contributed by atoms with Gasteiger partial charge in [0.25, 0.3) is 11.8 Å². The Morgan fingerprint density at radius 3 is 2.53 bits per heavy atom. The fourth-order valence-corrected chi connectivity index (χ4v) is 4.76. The number of rotatable bonds is 4. The van der Waals surface area contributed by atoms with Crippen molar-refractivity contribution in [2.75, 3.05) is 0 Å². The maximum atomic E-state index is 12.9. The van der Waals surface area contributed by atoms with E-state index in [1.165, 1.54) is 11.1 Å². The van der Waals surface area contributed by atoms with Gasteiger partial charge in [-0.05, 0) is 37.1 Å². The second kappa shape index (κ2) is 8.94. The molecular weight excluding hydrogens is 460 g/mol. The van der Waals surface area contributed by atoms with Crippen molar-refractivity contribution in [3.8, 4) is 0 Å². The second-order valence-corrected chi connectivity index (χ2v) is 9.10. The number of amides is 3. The third kappa shape index (κ3) is 4.41. The average Bonchev–Trinajstić information content (AvgIpc) is 3.43. The lowest BCUT2D eigenvalue weighted by atomic mass is 9.90. The van der Waals surface area contributed by atoms with Crippen LogP contribution in [0.4, 0.5) is 4.79 Å². The Balaban J connectivity index is 1.27. The molecule has 2 aliphatic rings. The molecule has 3 amide bonds. The van der Waals surface area contributed by atoms with Crippen LogP contribution in [0.25, 0.3) is 10.9 Å². The number of carbonyl (C=O) groups excluding carboxylic acids is 2. The second-order valence-electron chi connectivity index (χ2n) is 8.66. The van der Waals surface area contributed by atoms with Crippen molar-refractivity contribution in [3.05, 3.63) is 58.3 Å². The number of nitrogens with zero attached hydrogens (tertiary/aromatic N) is 3. The number of aromatic amines is 1. The summed E-state index contributed by atoms with van der Waals surface area (Å²) in [6.45, 7) is 0.342. The Morgan fingerprint density at radius 1 is 1.06 bits per heavy atom. The van der Waals surface area contributed by atoms with Gasteiger partial charge in [-0.1, -0.05) is 24.4 Å². The van der Waals surface area contributed by atoms with E-state index in [0.29, 0.717) is 22.0 Å². The molecule has 0 unspecified atom stereocenters. The monoisotopic (exact) mass is 482 g/mol. The number of hydrogen-bond donors (Lipinski definition) is 4. The highest BCUT2D eigenvalue weighted by molar-refractivity contribution is 6.31. The van der Waals surface area contributed by atoms with Gasteiger partial charge in [-0.25, -0.2) is 14.8 Å². The predicted octanol–water partition coefficient (Wildman–Crippen LogP) is 3.08. The van der Waals surface area contributed by atoms with Crippen LogP contribution >= 0.6 is 11.6 Å². The van der Waals surface area contributed by atoms with Gasteiger partial charge in [-0.3, -0.25) is 14.5 Å². The normalized spacial score (nSPS) is 19.6. The molecule has 1 aromatic carbocycles. The molecule has 2 atom stereocenters. The summed E-state index contributed by atoms with van der Waals surface area (Å²) in [6, 6.07) is 6.62. The van der Waals surface area contributed by atoms with Crippen molar-refractivity contribution in [1.29, 1.82) is 0 Å². The van der Waals surface area contributed by atoms with Gasteiger partial charge in [0.05, 0.1) is 18.8 Å². The highest BCUT2D eigenvalue weighted by atomic mass is 35.5. The van der Waals surface area contributed by atoms with Gasteiger partial charge in [0.1, 0.15) is 5.69 Å². The van der Waals surface area contributed by atoms with Crippen molar-refractivity contribution in [2.24, 2.45) is 0 Å². The fraction of sp³-hybridized carbons (Fsp3) is 0.348. The van der Waals surface area contributed by atoms with Gasteiger partial charge in [-0.2, -0.15) is 0 Å². The van der Waals surface area contributed by atoms with Crippen LogP contribution in [0, 0.1) is 0 Å². The zero-order valence-electron chi connectivity index (χ0n) is 18.2. The summed E-state index contributed by atoms with van der Waals surface area (Å²) >= 11 is 6.04. The smallest absolute Gasteiger partial charge is 0.407 e. The number of carbonyl (C=O) groups is 3. The first-order chi connectivity index (χ1) is 16.4. The summed E-state index contributed by atoms with van der Waals surface area (Å²) in [7, 11) is 0. The molecule has 0 spiro atoms. The van der Waals surface area contributed by atoms with E-state index in [1.54, 1.807) is 18.2 Å². The highest BCUT2D eigenvalue weighted by Gasteiger charge is 2.31. The van der Waals surface area contributed by atoms with Crippen LogP contribution in [0.15, 0.2) is 30.5 Å². The number of aromatic nitrogens is 3.